The summed E-state index contributed by atoms with van der Waals surface area (Å²) in [6.45, 7) is 1.75. The smallest absolute Gasteiger partial charge is 0.347 e. The first kappa shape index (κ1) is 16.7. The van der Waals surface area contributed by atoms with Gasteiger partial charge in [-0.2, -0.15) is 18.6 Å². The molecule has 24 heavy (non-hydrogen) atoms. The van der Waals surface area contributed by atoms with Crippen LogP contribution in [-0.4, -0.2) is 70.2 Å². The highest BCUT2D eigenvalue weighted by Gasteiger charge is 2.54. The second-order valence-electron chi connectivity index (χ2n) is 5.92. The molecule has 2 atom stereocenters. The third kappa shape index (κ3) is 2.34. The van der Waals surface area contributed by atoms with Crippen LogP contribution in [0.25, 0.3) is 0 Å². The Morgan fingerprint density at radius 2 is 2.04 bits per heavy atom. The highest BCUT2D eigenvalue weighted by Crippen LogP contribution is 2.45. The molecule has 0 unspecified atom stereocenters. The molecule has 1 N–H and O–H groups in total. The van der Waals surface area contributed by atoms with Crippen molar-refractivity contribution >= 4 is 22.3 Å². The zero-order valence-electron chi connectivity index (χ0n) is 13.5. The van der Waals surface area contributed by atoms with Gasteiger partial charge in [-0.3, -0.25) is 14.0 Å². The van der Waals surface area contributed by atoms with E-state index in [1.807, 2.05) is 0 Å². The van der Waals surface area contributed by atoms with Gasteiger partial charge in [-0.05, 0) is 6.92 Å². The molecule has 2 bridgehead atoms. The minimum atomic E-state index is -4.89. The standard InChI is InChI=1S/C12H17N5O6S/c1-6-8-7-5-16(12(19)17(7)23-24(20,21)22)10(11(18)14(2)3)9(8)15(4)13-6/h7,10H,5H2,1-4H3,(H,20,21,22)/t7-,10+/m1/s1. The van der Waals surface area contributed by atoms with Crippen LogP contribution in [0, 0.1) is 6.92 Å². The maximum Gasteiger partial charge on any atom is 0.418 e. The SMILES string of the molecule is Cc1nn(C)c2c1[C@H]1CN(C(=O)N1OS(=O)(=O)O)[C@@H]2C(=O)N(C)C. The maximum atomic E-state index is 12.6. The summed E-state index contributed by atoms with van der Waals surface area (Å²) in [6.07, 6.45) is 0. The van der Waals surface area contributed by atoms with E-state index in [-0.39, 0.29) is 12.5 Å². The first-order valence-electron chi connectivity index (χ1n) is 7.04. The van der Waals surface area contributed by atoms with E-state index in [1.165, 1.54) is 14.5 Å². The fourth-order valence-electron chi connectivity index (χ4n) is 3.28. The second-order valence-corrected chi connectivity index (χ2v) is 6.93. The summed E-state index contributed by atoms with van der Waals surface area (Å²) < 4.78 is 37.0. The first-order chi connectivity index (χ1) is 11.0. The molecule has 0 spiro atoms. The number of hydrogen-bond donors (Lipinski definition) is 1. The molecule has 0 radical (unpaired) electrons. The monoisotopic (exact) mass is 359 g/mol. The van der Waals surface area contributed by atoms with Gasteiger partial charge in [0.05, 0.1) is 17.9 Å². The number of urea groups is 1. The highest BCUT2D eigenvalue weighted by atomic mass is 32.3. The molecule has 3 rings (SSSR count). The minimum absolute atomic E-state index is 0.0537. The lowest BCUT2D eigenvalue weighted by molar-refractivity contribution is -0.133. The lowest BCUT2D eigenvalue weighted by atomic mass is 9.95. The Bertz CT molecular complexity index is 831. The molecule has 0 aromatic carbocycles. The Hall–Kier alpha value is -2.18. The van der Waals surface area contributed by atoms with E-state index in [4.69, 9.17) is 4.55 Å². The number of hydrogen-bond acceptors (Lipinski definition) is 6. The normalized spacial score (nSPS) is 22.8. The summed E-state index contributed by atoms with van der Waals surface area (Å²) in [5, 5.41) is 4.85. The van der Waals surface area contributed by atoms with E-state index in [0.717, 1.165) is 0 Å². The quantitative estimate of drug-likeness (QED) is 0.713. The van der Waals surface area contributed by atoms with Gasteiger partial charge in [0.15, 0.2) is 6.04 Å². The predicted octanol–water partition coefficient (Wildman–Crippen LogP) is -0.615. The van der Waals surface area contributed by atoms with Crippen LogP contribution in [-0.2, 0) is 26.5 Å². The summed E-state index contributed by atoms with van der Waals surface area (Å²) >= 11 is 0. The van der Waals surface area contributed by atoms with E-state index < -0.39 is 28.5 Å². The molecule has 12 heteroatoms. The van der Waals surface area contributed by atoms with Crippen molar-refractivity contribution in [1.29, 1.82) is 0 Å². The average Bonchev–Trinajstić information content (AvgIpc) is 2.88. The molecule has 11 nitrogen and oxygen atoms in total. The Balaban J connectivity index is 2.17. The molecular formula is C12H17N5O6S. The third-order valence-electron chi connectivity index (χ3n) is 4.15. The molecule has 1 saturated heterocycles. The number of aryl methyl sites for hydroxylation is 2. The number of fused-ring (bicyclic) bond motifs is 4. The molecule has 1 fully saturated rings. The van der Waals surface area contributed by atoms with Gasteiger partial charge < -0.3 is 9.80 Å². The topological polar surface area (TPSA) is 125 Å². The maximum absolute atomic E-state index is 12.6. The van der Waals surface area contributed by atoms with Crippen LogP contribution in [0.5, 0.6) is 0 Å². The second kappa shape index (κ2) is 5.16. The predicted molar refractivity (Wildman–Crippen MR) is 78.7 cm³/mol. The molecular weight excluding hydrogens is 342 g/mol. The van der Waals surface area contributed by atoms with Crippen LogP contribution in [0.15, 0.2) is 0 Å². The third-order valence-corrected chi connectivity index (χ3v) is 4.50. The fourth-order valence-corrected chi connectivity index (χ4v) is 3.65. The van der Waals surface area contributed by atoms with Crippen molar-refractivity contribution in [3.05, 3.63) is 17.0 Å². The molecule has 2 aliphatic rings. The van der Waals surface area contributed by atoms with Crippen molar-refractivity contribution in [2.45, 2.75) is 19.0 Å². The minimum Gasteiger partial charge on any atom is -0.347 e. The van der Waals surface area contributed by atoms with Crippen molar-refractivity contribution in [3.8, 4) is 0 Å². The van der Waals surface area contributed by atoms with Gasteiger partial charge in [0.1, 0.15) is 6.04 Å². The number of amides is 3. The molecule has 1 aromatic rings. The van der Waals surface area contributed by atoms with Crippen molar-refractivity contribution in [3.63, 3.8) is 0 Å². The summed E-state index contributed by atoms with van der Waals surface area (Å²) in [6, 6.07) is -2.54. The zero-order valence-corrected chi connectivity index (χ0v) is 14.3. The number of carbonyl (C=O) groups is 2. The molecule has 132 valence electrons. The van der Waals surface area contributed by atoms with Crippen LogP contribution < -0.4 is 0 Å². The first-order valence-corrected chi connectivity index (χ1v) is 8.41. The van der Waals surface area contributed by atoms with Gasteiger partial charge in [-0.25, -0.2) is 4.79 Å². The molecule has 0 saturated carbocycles. The van der Waals surface area contributed by atoms with Crippen molar-refractivity contribution < 1.29 is 26.8 Å². The van der Waals surface area contributed by atoms with Gasteiger partial charge in [0, 0.05) is 26.7 Å². The zero-order chi connectivity index (χ0) is 18.0. The van der Waals surface area contributed by atoms with Crippen molar-refractivity contribution in [1.82, 2.24) is 24.6 Å². The Labute approximate surface area is 138 Å². The molecule has 1 aromatic heterocycles. The Morgan fingerprint density at radius 1 is 1.42 bits per heavy atom. The van der Waals surface area contributed by atoms with Crippen LogP contribution in [0.3, 0.4) is 0 Å². The molecule has 3 amide bonds. The lowest BCUT2D eigenvalue weighted by Crippen LogP contribution is -2.44. The van der Waals surface area contributed by atoms with Crippen LogP contribution in [0.4, 0.5) is 4.79 Å². The van der Waals surface area contributed by atoms with Gasteiger partial charge in [0.2, 0.25) is 0 Å². The number of aromatic nitrogens is 2. The number of rotatable bonds is 3. The number of hydroxylamine groups is 2. The van der Waals surface area contributed by atoms with E-state index in [1.54, 1.807) is 28.1 Å². The number of carbonyl (C=O) groups excluding carboxylic acids is 2. The van der Waals surface area contributed by atoms with E-state index in [0.29, 0.717) is 22.0 Å². The fraction of sp³-hybridized carbons (Fsp3) is 0.583. The van der Waals surface area contributed by atoms with Crippen LogP contribution >= 0.6 is 0 Å². The molecule has 0 aliphatic carbocycles. The Morgan fingerprint density at radius 3 is 2.58 bits per heavy atom. The number of likely N-dealkylation sites (N-methyl/N-ethyl adjacent to an activating group) is 1. The Kier molecular flexibility index (Phi) is 3.58. The van der Waals surface area contributed by atoms with Gasteiger partial charge >= 0.3 is 16.4 Å². The van der Waals surface area contributed by atoms with Crippen molar-refractivity contribution in [2.24, 2.45) is 7.05 Å². The molecule has 3 heterocycles. The highest BCUT2D eigenvalue weighted by molar-refractivity contribution is 7.80. The van der Waals surface area contributed by atoms with E-state index >= 15 is 0 Å². The van der Waals surface area contributed by atoms with E-state index in [9.17, 15) is 18.0 Å². The average molecular weight is 359 g/mol. The number of nitrogens with zero attached hydrogens (tertiary/aromatic N) is 5. The van der Waals surface area contributed by atoms with E-state index in [2.05, 4.69) is 9.38 Å². The largest absolute Gasteiger partial charge is 0.418 e. The van der Waals surface area contributed by atoms with Crippen molar-refractivity contribution in [2.75, 3.05) is 20.6 Å². The van der Waals surface area contributed by atoms with Crippen LogP contribution in [0.2, 0.25) is 0 Å². The van der Waals surface area contributed by atoms with Gasteiger partial charge in [0.25, 0.3) is 5.91 Å². The summed E-state index contributed by atoms with van der Waals surface area (Å²) in [5.41, 5.74) is 1.59. The molecule has 2 aliphatic heterocycles. The van der Waals surface area contributed by atoms with Crippen LogP contribution in [0.1, 0.15) is 29.0 Å². The summed E-state index contributed by atoms with van der Waals surface area (Å²) in [7, 11) is -0.121. The van der Waals surface area contributed by atoms with Gasteiger partial charge in [-0.1, -0.05) is 0 Å². The van der Waals surface area contributed by atoms with Gasteiger partial charge in [-0.15, -0.1) is 4.28 Å². The summed E-state index contributed by atoms with van der Waals surface area (Å²) in [4.78, 5) is 27.7. The lowest BCUT2D eigenvalue weighted by Gasteiger charge is -2.32. The summed E-state index contributed by atoms with van der Waals surface area (Å²) in [5.74, 6) is -0.347.